The van der Waals surface area contributed by atoms with Gasteiger partial charge in [-0.3, -0.25) is 4.79 Å². The Morgan fingerprint density at radius 3 is 2.58 bits per heavy atom. The highest BCUT2D eigenvalue weighted by Crippen LogP contribution is 2.19. The van der Waals surface area contributed by atoms with Gasteiger partial charge in [0, 0.05) is 37.0 Å². The van der Waals surface area contributed by atoms with E-state index in [4.69, 9.17) is 0 Å². The van der Waals surface area contributed by atoms with Crippen LogP contribution < -0.4 is 4.90 Å². The van der Waals surface area contributed by atoms with Crippen LogP contribution in [0.5, 0.6) is 0 Å². The van der Waals surface area contributed by atoms with Crippen LogP contribution in [-0.4, -0.2) is 45.4 Å². The quantitative estimate of drug-likeness (QED) is 0.429. The van der Waals surface area contributed by atoms with Gasteiger partial charge in [0.05, 0.1) is 6.54 Å². The third kappa shape index (κ3) is 3.92. The number of benzene rings is 1. The summed E-state index contributed by atoms with van der Waals surface area (Å²) in [6.07, 6.45) is 3.43. The molecule has 6 heteroatoms. The van der Waals surface area contributed by atoms with Crippen molar-refractivity contribution < 1.29 is 4.79 Å². The Morgan fingerprint density at radius 1 is 1.21 bits per heavy atom. The highest BCUT2D eigenvalue weighted by Gasteiger charge is 2.28. The van der Waals surface area contributed by atoms with Crippen LogP contribution in [0.4, 0.5) is 5.95 Å². The summed E-state index contributed by atoms with van der Waals surface area (Å²) in [5.41, 5.74) is 2.02. The smallest absolute Gasteiger partial charge is 0.298 e. The lowest BCUT2D eigenvalue weighted by Gasteiger charge is -2.37. The van der Waals surface area contributed by atoms with Crippen molar-refractivity contribution in [2.24, 2.45) is 0 Å². The first-order valence-corrected chi connectivity index (χ1v) is 8.60. The molecule has 0 N–H and O–H groups in total. The Kier molecular flexibility index (Phi) is 5.11. The highest BCUT2D eigenvalue weighted by molar-refractivity contribution is 9.09. The molecule has 0 aliphatic carbocycles. The molecule has 2 heterocycles. The molecule has 0 saturated carbocycles. The number of carbonyl (C=O) groups is 1. The highest BCUT2D eigenvalue weighted by atomic mass is 79.9. The van der Waals surface area contributed by atoms with Crippen molar-refractivity contribution in [3.63, 3.8) is 0 Å². The minimum absolute atomic E-state index is 0.0289. The zero-order chi connectivity index (χ0) is 16.9. The lowest BCUT2D eigenvalue weighted by Crippen LogP contribution is -2.52. The Bertz CT molecular complexity index is 767. The Balaban J connectivity index is 1.63. The minimum Gasteiger partial charge on any atom is -0.327 e. The van der Waals surface area contributed by atoms with Gasteiger partial charge >= 0.3 is 0 Å². The van der Waals surface area contributed by atoms with Crippen LogP contribution in [0.25, 0.3) is 0 Å². The molecule has 122 valence electrons. The lowest BCUT2D eigenvalue weighted by atomic mass is 10.1. The van der Waals surface area contributed by atoms with Crippen molar-refractivity contribution in [2.45, 2.75) is 11.9 Å². The average molecular weight is 385 g/mol. The van der Waals surface area contributed by atoms with Gasteiger partial charge in [0.2, 0.25) is 5.95 Å². The number of aryl methyl sites for hydroxylation is 1. The zero-order valence-electron chi connectivity index (χ0n) is 13.3. The molecule has 2 aromatic rings. The number of alkyl halides is 1. The summed E-state index contributed by atoms with van der Waals surface area (Å²) in [5.74, 6) is 6.17. The molecule has 1 amide bonds. The molecule has 1 aliphatic rings. The van der Waals surface area contributed by atoms with Crippen LogP contribution in [0.2, 0.25) is 0 Å². The Morgan fingerprint density at radius 2 is 1.92 bits per heavy atom. The molecule has 1 fully saturated rings. The second-order valence-electron chi connectivity index (χ2n) is 5.54. The lowest BCUT2D eigenvalue weighted by molar-refractivity contribution is -0.125. The predicted octanol–water partition coefficient (Wildman–Crippen LogP) is 2.21. The summed E-state index contributed by atoms with van der Waals surface area (Å²) in [6.45, 7) is 3.83. The Hall–Kier alpha value is -2.39. The third-order valence-electron chi connectivity index (χ3n) is 3.78. The van der Waals surface area contributed by atoms with E-state index in [0.717, 1.165) is 5.56 Å². The standard InChI is InChI=1S/C18H17BrN4O/c1-14-3-5-15(6-4-14)7-8-17(24)22-11-12-23(16(19)13-22)18-20-9-2-10-21-18/h2-6,9-10,16H,11-13H2,1H3. The van der Waals surface area contributed by atoms with Crippen LogP contribution in [0.15, 0.2) is 42.7 Å². The number of piperazine rings is 1. The van der Waals surface area contributed by atoms with E-state index in [9.17, 15) is 4.79 Å². The number of amides is 1. The molecule has 1 aromatic carbocycles. The largest absolute Gasteiger partial charge is 0.327 e. The molecule has 24 heavy (non-hydrogen) atoms. The number of halogens is 1. The maximum atomic E-state index is 12.3. The van der Waals surface area contributed by atoms with Crippen LogP contribution >= 0.6 is 15.9 Å². The fourth-order valence-electron chi connectivity index (χ4n) is 2.43. The first-order valence-electron chi connectivity index (χ1n) is 7.69. The second-order valence-corrected chi connectivity index (χ2v) is 6.60. The normalized spacial score (nSPS) is 17.2. The fourth-order valence-corrected chi connectivity index (χ4v) is 3.17. The van der Waals surface area contributed by atoms with Gasteiger partial charge in [0.25, 0.3) is 5.91 Å². The summed E-state index contributed by atoms with van der Waals surface area (Å²) in [7, 11) is 0. The molecule has 1 atom stereocenters. The first kappa shape index (κ1) is 16.5. The van der Waals surface area contributed by atoms with Crippen LogP contribution in [0, 0.1) is 18.8 Å². The van der Waals surface area contributed by atoms with Gasteiger partial charge in [-0.15, -0.1) is 0 Å². The maximum absolute atomic E-state index is 12.3. The van der Waals surface area contributed by atoms with E-state index < -0.39 is 0 Å². The number of anilines is 1. The zero-order valence-corrected chi connectivity index (χ0v) is 14.9. The van der Waals surface area contributed by atoms with E-state index in [1.807, 2.05) is 36.1 Å². The second kappa shape index (κ2) is 7.45. The van der Waals surface area contributed by atoms with Gasteiger partial charge in [-0.2, -0.15) is 0 Å². The van der Waals surface area contributed by atoms with E-state index in [0.29, 0.717) is 25.6 Å². The molecule has 1 aliphatic heterocycles. The number of hydrogen-bond acceptors (Lipinski definition) is 4. The van der Waals surface area contributed by atoms with Gasteiger partial charge in [0.15, 0.2) is 0 Å². The summed E-state index contributed by atoms with van der Waals surface area (Å²) in [5, 5.41) is 0. The van der Waals surface area contributed by atoms with Gasteiger partial charge in [-0.05, 0) is 25.1 Å². The number of rotatable bonds is 1. The molecule has 1 aromatic heterocycles. The monoisotopic (exact) mass is 384 g/mol. The number of hydrogen-bond donors (Lipinski definition) is 0. The molecule has 3 rings (SSSR count). The van der Waals surface area contributed by atoms with Crippen molar-refractivity contribution in [2.75, 3.05) is 24.5 Å². The van der Waals surface area contributed by atoms with Crippen LogP contribution in [0.3, 0.4) is 0 Å². The number of carbonyl (C=O) groups excluding carboxylic acids is 1. The minimum atomic E-state index is -0.159. The van der Waals surface area contributed by atoms with E-state index >= 15 is 0 Å². The molecule has 0 spiro atoms. The van der Waals surface area contributed by atoms with E-state index in [2.05, 4.69) is 37.7 Å². The van der Waals surface area contributed by atoms with Gasteiger partial charge in [-0.1, -0.05) is 39.5 Å². The number of aromatic nitrogens is 2. The SMILES string of the molecule is Cc1ccc(C#CC(=O)N2CCN(c3ncccn3)C(Br)C2)cc1. The average Bonchev–Trinajstić information content (AvgIpc) is 2.61. The topological polar surface area (TPSA) is 49.3 Å². The van der Waals surface area contributed by atoms with Crippen molar-refractivity contribution in [3.8, 4) is 11.8 Å². The van der Waals surface area contributed by atoms with E-state index in [1.165, 1.54) is 5.56 Å². The van der Waals surface area contributed by atoms with Gasteiger partial charge < -0.3 is 9.80 Å². The van der Waals surface area contributed by atoms with E-state index in [1.54, 1.807) is 23.4 Å². The summed E-state index contributed by atoms with van der Waals surface area (Å²) in [4.78, 5) is 24.6. The Labute approximate surface area is 149 Å². The van der Waals surface area contributed by atoms with Crippen LogP contribution in [0.1, 0.15) is 11.1 Å². The summed E-state index contributed by atoms with van der Waals surface area (Å²) in [6, 6.07) is 9.61. The molecule has 5 nitrogen and oxygen atoms in total. The fraction of sp³-hybridized carbons (Fsp3) is 0.278. The van der Waals surface area contributed by atoms with Gasteiger partial charge in [-0.25, -0.2) is 9.97 Å². The molecular weight excluding hydrogens is 368 g/mol. The van der Waals surface area contributed by atoms with Crippen molar-refractivity contribution in [1.82, 2.24) is 14.9 Å². The van der Waals surface area contributed by atoms with Gasteiger partial charge in [0.1, 0.15) is 4.95 Å². The first-order chi connectivity index (χ1) is 11.6. The molecule has 1 saturated heterocycles. The maximum Gasteiger partial charge on any atom is 0.298 e. The predicted molar refractivity (Wildman–Crippen MR) is 96.7 cm³/mol. The molecule has 0 bridgehead atoms. The summed E-state index contributed by atoms with van der Waals surface area (Å²) >= 11 is 3.61. The molecular formula is C18H17BrN4O. The summed E-state index contributed by atoms with van der Waals surface area (Å²) < 4.78 is 0. The van der Waals surface area contributed by atoms with E-state index in [-0.39, 0.29) is 10.9 Å². The van der Waals surface area contributed by atoms with Crippen molar-refractivity contribution in [3.05, 3.63) is 53.9 Å². The van der Waals surface area contributed by atoms with Crippen LogP contribution in [-0.2, 0) is 4.79 Å². The molecule has 0 radical (unpaired) electrons. The van der Waals surface area contributed by atoms with Crippen molar-refractivity contribution >= 4 is 27.8 Å². The van der Waals surface area contributed by atoms with Crippen molar-refractivity contribution in [1.29, 1.82) is 0 Å². The molecule has 1 unspecified atom stereocenters. The number of nitrogens with zero attached hydrogens (tertiary/aromatic N) is 4. The third-order valence-corrected chi connectivity index (χ3v) is 4.57.